The number of nitrogens with two attached hydrogens (primary N) is 1. The number of hydrogen-bond donors (Lipinski definition) is 3. The summed E-state index contributed by atoms with van der Waals surface area (Å²) in [6.07, 6.45) is 6.80. The molecule has 3 N–H and O–H groups in total. The van der Waals surface area contributed by atoms with Crippen LogP contribution in [0, 0.1) is 5.92 Å². The zero-order chi connectivity index (χ0) is 8.10. The molecular formula is C8H18N2S. The average molecular weight is 174 g/mol. The highest BCUT2D eigenvalue weighted by Crippen LogP contribution is 2.26. The first kappa shape index (κ1) is 9.36. The third-order valence-electron chi connectivity index (χ3n) is 2.64. The molecule has 1 atom stereocenters. The minimum absolute atomic E-state index is 0.429. The Bertz CT molecular complexity index is 98.3. The van der Waals surface area contributed by atoms with Crippen molar-refractivity contribution in [2.75, 3.05) is 6.54 Å². The fourth-order valence-electron chi connectivity index (χ4n) is 1.89. The van der Waals surface area contributed by atoms with Gasteiger partial charge in [-0.3, -0.25) is 4.72 Å². The van der Waals surface area contributed by atoms with Crippen LogP contribution in [-0.4, -0.2) is 12.6 Å². The van der Waals surface area contributed by atoms with Gasteiger partial charge in [0.1, 0.15) is 0 Å². The molecule has 1 unspecified atom stereocenters. The maximum Gasteiger partial charge on any atom is 0.0320 e. The van der Waals surface area contributed by atoms with E-state index in [1.807, 2.05) is 0 Å². The summed E-state index contributed by atoms with van der Waals surface area (Å²) in [6, 6.07) is 0.429. The van der Waals surface area contributed by atoms with Crippen molar-refractivity contribution >= 4 is 12.8 Å². The molecule has 3 heteroatoms. The molecule has 1 aliphatic rings. The molecule has 0 saturated heterocycles. The Kier molecular flexibility index (Phi) is 4.26. The van der Waals surface area contributed by atoms with E-state index in [1.54, 1.807) is 0 Å². The molecule has 0 aromatic carbocycles. The van der Waals surface area contributed by atoms with E-state index in [4.69, 9.17) is 5.73 Å². The topological polar surface area (TPSA) is 38.0 Å². The van der Waals surface area contributed by atoms with E-state index in [1.165, 1.54) is 32.1 Å². The van der Waals surface area contributed by atoms with Crippen molar-refractivity contribution in [1.29, 1.82) is 0 Å². The summed E-state index contributed by atoms with van der Waals surface area (Å²) < 4.78 is 2.99. The minimum atomic E-state index is 0.429. The molecule has 1 fully saturated rings. The van der Waals surface area contributed by atoms with Gasteiger partial charge >= 0.3 is 0 Å². The van der Waals surface area contributed by atoms with E-state index < -0.39 is 0 Å². The van der Waals surface area contributed by atoms with Crippen LogP contribution in [0.15, 0.2) is 0 Å². The molecule has 0 amide bonds. The average Bonchev–Trinajstić information content (AvgIpc) is 2.09. The summed E-state index contributed by atoms with van der Waals surface area (Å²) in [5.74, 6) is 0.770. The van der Waals surface area contributed by atoms with E-state index in [9.17, 15) is 0 Å². The lowest BCUT2D eigenvalue weighted by atomic mass is 9.84. The normalized spacial score (nSPS) is 23.5. The summed E-state index contributed by atoms with van der Waals surface area (Å²) in [5, 5.41) is 0. The van der Waals surface area contributed by atoms with Crippen LogP contribution in [0.2, 0.25) is 0 Å². The standard InChI is InChI=1S/C8H18N2S/c9-6-8(10-11)7-4-2-1-3-5-7/h7-8,10-11H,1-6,9H2. The lowest BCUT2D eigenvalue weighted by Crippen LogP contribution is -2.38. The zero-order valence-electron chi connectivity index (χ0n) is 6.92. The van der Waals surface area contributed by atoms with E-state index in [2.05, 4.69) is 17.5 Å². The molecule has 2 nitrogen and oxygen atoms in total. The predicted octanol–water partition coefficient (Wildman–Crippen LogP) is 1.33. The van der Waals surface area contributed by atoms with Crippen molar-refractivity contribution in [3.8, 4) is 0 Å². The monoisotopic (exact) mass is 174 g/mol. The highest BCUT2D eigenvalue weighted by atomic mass is 32.1. The van der Waals surface area contributed by atoms with Crippen LogP contribution in [0.3, 0.4) is 0 Å². The van der Waals surface area contributed by atoms with Gasteiger partial charge in [-0.1, -0.05) is 32.1 Å². The van der Waals surface area contributed by atoms with Gasteiger partial charge < -0.3 is 5.73 Å². The van der Waals surface area contributed by atoms with E-state index >= 15 is 0 Å². The number of thiol groups is 1. The Morgan fingerprint density at radius 2 is 2.00 bits per heavy atom. The van der Waals surface area contributed by atoms with Crippen molar-refractivity contribution in [2.24, 2.45) is 11.7 Å². The molecule has 0 aromatic rings. The minimum Gasteiger partial charge on any atom is -0.329 e. The van der Waals surface area contributed by atoms with E-state index in [-0.39, 0.29) is 0 Å². The highest BCUT2D eigenvalue weighted by molar-refractivity contribution is 7.78. The van der Waals surface area contributed by atoms with Crippen LogP contribution >= 0.6 is 12.8 Å². The summed E-state index contributed by atoms with van der Waals surface area (Å²) in [6.45, 7) is 0.716. The second-order valence-electron chi connectivity index (χ2n) is 3.37. The van der Waals surface area contributed by atoms with Crippen LogP contribution in [0.5, 0.6) is 0 Å². The number of nitrogens with one attached hydrogen (secondary N) is 1. The van der Waals surface area contributed by atoms with Crippen molar-refractivity contribution in [3.63, 3.8) is 0 Å². The predicted molar refractivity (Wildman–Crippen MR) is 51.5 cm³/mol. The Morgan fingerprint density at radius 3 is 2.45 bits per heavy atom. The van der Waals surface area contributed by atoms with Crippen molar-refractivity contribution in [3.05, 3.63) is 0 Å². The SMILES string of the molecule is NCC(NS)C1CCCCC1. The number of hydrogen-bond acceptors (Lipinski definition) is 3. The molecule has 1 saturated carbocycles. The summed E-state index contributed by atoms with van der Waals surface area (Å²) in [4.78, 5) is 0. The van der Waals surface area contributed by atoms with E-state index in [0.717, 1.165) is 5.92 Å². The molecule has 0 aromatic heterocycles. The van der Waals surface area contributed by atoms with Gasteiger partial charge in [-0.05, 0) is 18.8 Å². The first-order valence-corrected chi connectivity index (χ1v) is 4.93. The molecular weight excluding hydrogens is 156 g/mol. The lowest BCUT2D eigenvalue weighted by Gasteiger charge is -2.28. The second-order valence-corrected chi connectivity index (χ2v) is 3.63. The van der Waals surface area contributed by atoms with E-state index in [0.29, 0.717) is 12.6 Å². The van der Waals surface area contributed by atoms with Crippen LogP contribution < -0.4 is 10.5 Å². The van der Waals surface area contributed by atoms with Crippen molar-refractivity contribution < 1.29 is 0 Å². The quantitative estimate of drug-likeness (QED) is 0.565. The Balaban J connectivity index is 2.30. The summed E-state index contributed by atoms with van der Waals surface area (Å²) >= 11 is 4.08. The Hall–Kier alpha value is 0.270. The maximum atomic E-state index is 5.60. The highest BCUT2D eigenvalue weighted by Gasteiger charge is 2.20. The van der Waals surface area contributed by atoms with Gasteiger partial charge in [-0.2, -0.15) is 0 Å². The van der Waals surface area contributed by atoms with Crippen LogP contribution in [0.25, 0.3) is 0 Å². The maximum absolute atomic E-state index is 5.60. The van der Waals surface area contributed by atoms with Gasteiger partial charge in [0.2, 0.25) is 0 Å². The molecule has 66 valence electrons. The lowest BCUT2D eigenvalue weighted by molar-refractivity contribution is 0.298. The van der Waals surface area contributed by atoms with Crippen molar-refractivity contribution in [1.82, 2.24) is 4.72 Å². The molecule has 0 spiro atoms. The molecule has 1 aliphatic carbocycles. The smallest absolute Gasteiger partial charge is 0.0320 e. The Labute approximate surface area is 74.5 Å². The van der Waals surface area contributed by atoms with Crippen LogP contribution in [-0.2, 0) is 0 Å². The van der Waals surface area contributed by atoms with Crippen LogP contribution in [0.1, 0.15) is 32.1 Å². The summed E-state index contributed by atoms with van der Waals surface area (Å²) in [7, 11) is 0. The van der Waals surface area contributed by atoms with Gasteiger partial charge in [-0.25, -0.2) is 0 Å². The van der Waals surface area contributed by atoms with Gasteiger partial charge in [-0.15, -0.1) is 0 Å². The third kappa shape index (κ3) is 2.65. The fourth-order valence-corrected chi connectivity index (χ4v) is 2.20. The zero-order valence-corrected chi connectivity index (χ0v) is 7.82. The molecule has 0 bridgehead atoms. The molecule has 0 aliphatic heterocycles. The van der Waals surface area contributed by atoms with Crippen molar-refractivity contribution in [2.45, 2.75) is 38.1 Å². The first-order chi connectivity index (χ1) is 5.38. The largest absolute Gasteiger partial charge is 0.329 e. The summed E-state index contributed by atoms with van der Waals surface area (Å²) in [5.41, 5.74) is 5.60. The molecule has 0 heterocycles. The van der Waals surface area contributed by atoms with Gasteiger partial charge in [0.15, 0.2) is 0 Å². The van der Waals surface area contributed by atoms with Gasteiger partial charge in [0.25, 0.3) is 0 Å². The first-order valence-electron chi connectivity index (χ1n) is 4.48. The fraction of sp³-hybridized carbons (Fsp3) is 1.00. The third-order valence-corrected chi connectivity index (χ3v) is 2.97. The molecule has 0 radical (unpaired) electrons. The van der Waals surface area contributed by atoms with Gasteiger partial charge in [0, 0.05) is 12.6 Å². The van der Waals surface area contributed by atoms with Crippen LogP contribution in [0.4, 0.5) is 0 Å². The second kappa shape index (κ2) is 5.01. The molecule has 1 rings (SSSR count). The molecule has 11 heavy (non-hydrogen) atoms. The Morgan fingerprint density at radius 1 is 1.36 bits per heavy atom. The number of rotatable bonds is 3. The van der Waals surface area contributed by atoms with Gasteiger partial charge in [0.05, 0.1) is 0 Å².